The highest BCUT2D eigenvalue weighted by Crippen LogP contribution is 2.34. The van der Waals surface area contributed by atoms with Gasteiger partial charge in [-0.1, -0.05) is 48.0 Å². The highest BCUT2D eigenvalue weighted by atomic mass is 127. The van der Waals surface area contributed by atoms with Crippen molar-refractivity contribution in [1.29, 1.82) is 0 Å². The summed E-state index contributed by atoms with van der Waals surface area (Å²) in [6, 6.07) is 25.6. The quantitative estimate of drug-likeness (QED) is 0.0959. The Morgan fingerprint density at radius 1 is 1.06 bits per heavy atom. The van der Waals surface area contributed by atoms with Gasteiger partial charge in [0.15, 0.2) is 11.5 Å². The van der Waals surface area contributed by atoms with E-state index in [2.05, 4.69) is 63.4 Å². The number of benzene rings is 4. The summed E-state index contributed by atoms with van der Waals surface area (Å²) in [5.74, 6) is 1.32. The van der Waals surface area contributed by atoms with Gasteiger partial charge in [0, 0.05) is 9.92 Å². The molecule has 4 aromatic rings. The fraction of sp³-hybridized carbons (Fsp3) is 0.111. The van der Waals surface area contributed by atoms with Gasteiger partial charge in [-0.3, -0.25) is 4.79 Å². The molecule has 0 saturated heterocycles. The molecule has 0 aliphatic rings. The Kier molecular flexibility index (Phi) is 8.90. The van der Waals surface area contributed by atoms with Crippen LogP contribution in [-0.2, 0) is 11.4 Å². The van der Waals surface area contributed by atoms with Gasteiger partial charge in [-0.15, -0.1) is 11.8 Å². The normalized spacial score (nSPS) is 11.1. The fourth-order valence-electron chi connectivity index (χ4n) is 3.33. The molecule has 1 amide bonds. The summed E-state index contributed by atoms with van der Waals surface area (Å²) in [7, 11) is 1.60. The second-order valence-electron chi connectivity index (χ2n) is 7.54. The van der Waals surface area contributed by atoms with Crippen molar-refractivity contribution in [3.63, 3.8) is 0 Å². The number of methoxy groups -OCH3 is 1. The lowest BCUT2D eigenvalue weighted by Gasteiger charge is -2.14. The van der Waals surface area contributed by atoms with E-state index in [9.17, 15) is 4.79 Å². The second-order valence-corrected chi connectivity index (χ2v) is 10.2. The lowest BCUT2D eigenvalue weighted by Crippen LogP contribution is -2.19. The summed E-state index contributed by atoms with van der Waals surface area (Å²) in [6.07, 6.45) is 1.59. The minimum absolute atomic E-state index is 0.196. The third-order valence-corrected chi connectivity index (χ3v) is 7.10. The summed E-state index contributed by atoms with van der Waals surface area (Å²) >= 11 is 9.51. The molecule has 5 nitrogen and oxygen atoms in total. The first-order valence-corrected chi connectivity index (χ1v) is 13.1. The molecule has 0 bridgehead atoms. The molecule has 0 spiro atoms. The van der Waals surface area contributed by atoms with Gasteiger partial charge in [0.1, 0.15) is 6.61 Å². The van der Waals surface area contributed by atoms with Crippen molar-refractivity contribution in [2.75, 3.05) is 12.9 Å². The Bertz CT molecular complexity index is 1360. The average Bonchev–Trinajstić information content (AvgIpc) is 2.87. The van der Waals surface area contributed by atoms with E-state index >= 15 is 0 Å². The lowest BCUT2D eigenvalue weighted by molar-refractivity contribution is -0.118. The van der Waals surface area contributed by atoms with Crippen LogP contribution in [-0.4, -0.2) is 25.0 Å². The van der Waals surface area contributed by atoms with Crippen LogP contribution in [0.3, 0.4) is 0 Å². The Morgan fingerprint density at radius 2 is 1.83 bits per heavy atom. The number of ether oxygens (including phenoxy) is 2. The van der Waals surface area contributed by atoms with E-state index < -0.39 is 0 Å². The van der Waals surface area contributed by atoms with Crippen LogP contribution in [0.15, 0.2) is 88.9 Å². The number of rotatable bonds is 9. The molecule has 35 heavy (non-hydrogen) atoms. The van der Waals surface area contributed by atoms with Gasteiger partial charge < -0.3 is 9.47 Å². The molecule has 0 aliphatic heterocycles. The third kappa shape index (κ3) is 7.13. The molecule has 0 saturated carbocycles. The molecule has 0 aromatic heterocycles. The van der Waals surface area contributed by atoms with Crippen molar-refractivity contribution in [3.05, 3.63) is 98.6 Å². The summed E-state index contributed by atoms with van der Waals surface area (Å²) < 4.78 is 12.6. The standard InChI is InChI=1S/C27H22ClIN2O3S/c1-33-25-14-19(15-30-31-26(32)17-35-23-10-8-22(28)9-11-23)13-24(29)27(25)34-16-18-6-7-20-4-2-3-5-21(20)12-18/h2-15H,16-17H2,1H3,(H,31,32)/b30-15-. The van der Waals surface area contributed by atoms with Gasteiger partial charge in [0.05, 0.1) is 22.6 Å². The molecule has 178 valence electrons. The Labute approximate surface area is 227 Å². The van der Waals surface area contributed by atoms with Crippen LogP contribution in [0.4, 0.5) is 0 Å². The van der Waals surface area contributed by atoms with Crippen molar-refractivity contribution in [2.24, 2.45) is 5.10 Å². The fourth-order valence-corrected chi connectivity index (χ4v) is 4.93. The zero-order valence-electron chi connectivity index (χ0n) is 18.8. The third-order valence-electron chi connectivity index (χ3n) is 5.04. The largest absolute Gasteiger partial charge is 0.493 e. The molecule has 0 atom stereocenters. The zero-order valence-corrected chi connectivity index (χ0v) is 22.6. The van der Waals surface area contributed by atoms with Crippen LogP contribution in [0.1, 0.15) is 11.1 Å². The molecular formula is C27H22ClIN2O3S. The Morgan fingerprint density at radius 3 is 2.60 bits per heavy atom. The van der Waals surface area contributed by atoms with Crippen molar-refractivity contribution in [2.45, 2.75) is 11.5 Å². The van der Waals surface area contributed by atoms with Crippen molar-refractivity contribution in [3.8, 4) is 11.5 Å². The summed E-state index contributed by atoms with van der Waals surface area (Å²) in [4.78, 5) is 13.1. The minimum atomic E-state index is -0.196. The molecule has 0 heterocycles. The maximum absolute atomic E-state index is 12.1. The minimum Gasteiger partial charge on any atom is -0.493 e. The SMILES string of the molecule is COc1cc(/C=N\NC(=O)CSc2ccc(Cl)cc2)cc(I)c1OCc1ccc2ccccc2c1. The predicted molar refractivity (Wildman–Crippen MR) is 152 cm³/mol. The van der Waals surface area contributed by atoms with Crippen molar-refractivity contribution >= 4 is 68.8 Å². The number of thioether (sulfide) groups is 1. The van der Waals surface area contributed by atoms with E-state index in [4.69, 9.17) is 21.1 Å². The van der Waals surface area contributed by atoms with Gasteiger partial charge in [0.2, 0.25) is 5.91 Å². The number of hydrogen-bond donors (Lipinski definition) is 1. The molecule has 0 radical (unpaired) electrons. The van der Waals surface area contributed by atoms with Crippen LogP contribution in [0.2, 0.25) is 5.02 Å². The summed E-state index contributed by atoms with van der Waals surface area (Å²) in [5.41, 5.74) is 4.42. The predicted octanol–water partition coefficient (Wildman–Crippen LogP) is 6.93. The molecule has 0 unspecified atom stereocenters. The molecule has 0 aliphatic carbocycles. The number of halogens is 2. The number of hydrazone groups is 1. The number of fused-ring (bicyclic) bond motifs is 1. The van der Waals surface area contributed by atoms with E-state index in [1.54, 1.807) is 25.5 Å². The van der Waals surface area contributed by atoms with Crippen molar-refractivity contribution in [1.82, 2.24) is 5.43 Å². The summed E-state index contributed by atoms with van der Waals surface area (Å²) in [5, 5.41) is 7.12. The molecule has 4 aromatic carbocycles. The van der Waals surface area contributed by atoms with Crippen molar-refractivity contribution < 1.29 is 14.3 Å². The van der Waals surface area contributed by atoms with Crippen LogP contribution in [0.5, 0.6) is 11.5 Å². The zero-order chi connectivity index (χ0) is 24.6. The van der Waals surface area contributed by atoms with Gasteiger partial charge in [-0.05, 0) is 87.0 Å². The van der Waals surface area contributed by atoms with Gasteiger partial charge >= 0.3 is 0 Å². The number of carbonyl (C=O) groups is 1. The molecular weight excluding hydrogens is 595 g/mol. The van der Waals surface area contributed by atoms with E-state index in [1.165, 1.54) is 22.5 Å². The first-order valence-electron chi connectivity index (χ1n) is 10.7. The number of nitrogens with zero attached hydrogens (tertiary/aromatic N) is 1. The molecule has 8 heteroatoms. The Balaban J connectivity index is 1.36. The van der Waals surface area contributed by atoms with E-state index in [-0.39, 0.29) is 11.7 Å². The number of carbonyl (C=O) groups excluding carboxylic acids is 1. The Hall–Kier alpha value is -2.75. The maximum atomic E-state index is 12.1. The van der Waals surface area contributed by atoms with Crippen LogP contribution < -0.4 is 14.9 Å². The number of hydrogen-bond acceptors (Lipinski definition) is 5. The number of nitrogens with one attached hydrogen (secondary N) is 1. The number of amides is 1. The monoisotopic (exact) mass is 616 g/mol. The first-order chi connectivity index (χ1) is 17.0. The van der Waals surface area contributed by atoms with Crippen LogP contribution in [0, 0.1) is 3.57 Å². The molecule has 0 fully saturated rings. The van der Waals surface area contributed by atoms with E-state index in [0.717, 1.165) is 19.6 Å². The van der Waals surface area contributed by atoms with Gasteiger partial charge in [0.25, 0.3) is 0 Å². The van der Waals surface area contributed by atoms with Gasteiger partial charge in [-0.25, -0.2) is 5.43 Å². The van der Waals surface area contributed by atoms with Gasteiger partial charge in [-0.2, -0.15) is 5.10 Å². The average molecular weight is 617 g/mol. The smallest absolute Gasteiger partial charge is 0.250 e. The maximum Gasteiger partial charge on any atom is 0.250 e. The second kappa shape index (κ2) is 12.3. The van der Waals surface area contributed by atoms with Crippen LogP contribution >= 0.6 is 46.0 Å². The van der Waals surface area contributed by atoms with E-state index in [0.29, 0.717) is 23.1 Å². The molecule has 4 rings (SSSR count). The van der Waals surface area contributed by atoms with Crippen LogP contribution in [0.25, 0.3) is 10.8 Å². The highest BCUT2D eigenvalue weighted by Gasteiger charge is 2.12. The van der Waals surface area contributed by atoms with E-state index in [1.807, 2.05) is 36.4 Å². The lowest BCUT2D eigenvalue weighted by atomic mass is 10.1. The highest BCUT2D eigenvalue weighted by molar-refractivity contribution is 14.1. The topological polar surface area (TPSA) is 59.9 Å². The first kappa shape index (κ1) is 25.3. The summed E-state index contributed by atoms with van der Waals surface area (Å²) in [6.45, 7) is 0.423. The molecule has 1 N–H and O–H groups in total.